The fourth-order valence-corrected chi connectivity index (χ4v) is 3.34. The van der Waals surface area contributed by atoms with Crippen molar-refractivity contribution in [2.45, 2.75) is 6.92 Å². The third-order valence-electron chi connectivity index (χ3n) is 2.75. The maximum Gasteiger partial charge on any atom is 0.119 e. The third-order valence-corrected chi connectivity index (χ3v) is 5.31. The molecule has 1 amide bonds. The Hall–Kier alpha value is -2.25. The molecule has 0 saturated carbocycles. The van der Waals surface area contributed by atoms with E-state index in [0.717, 1.165) is 11.4 Å². The molecule has 0 fully saturated rings. The summed E-state index contributed by atoms with van der Waals surface area (Å²) in [4.78, 5) is 10.8. The van der Waals surface area contributed by atoms with Gasteiger partial charge in [-0.3, -0.25) is 0 Å². The second kappa shape index (κ2) is 9.14. The molecule has 130 valence electrons. The standard InChI is InChI=1S/C8H10AsNO5.C7H9NO/c1-6(11)10-8-5-3-2-4-7(8)9(12,13)15-14;1-9-7-4-2-6(8)3-5-7/h2-5,14H,1H3,(H,10,11)(H,12,13);2-5H,8H2,1H3. The van der Waals surface area contributed by atoms with Gasteiger partial charge in [0.1, 0.15) is 5.75 Å². The van der Waals surface area contributed by atoms with Crippen molar-refractivity contribution in [3.8, 4) is 5.75 Å². The first-order chi connectivity index (χ1) is 11.3. The van der Waals surface area contributed by atoms with Crippen LogP contribution in [0.1, 0.15) is 6.92 Å². The predicted molar refractivity (Wildman–Crippen MR) is 90.2 cm³/mol. The number of carbonyl (C=O) groups is 1. The second-order valence-electron chi connectivity index (χ2n) is 4.57. The second-order valence-corrected chi connectivity index (χ2v) is 8.11. The maximum absolute atomic E-state index is 11.4. The Morgan fingerprint density at radius 2 is 1.75 bits per heavy atom. The van der Waals surface area contributed by atoms with Gasteiger partial charge in [0, 0.05) is 5.69 Å². The van der Waals surface area contributed by atoms with Crippen LogP contribution in [0.25, 0.3) is 0 Å². The minimum absolute atomic E-state index is 0.103. The van der Waals surface area contributed by atoms with Gasteiger partial charge in [0.15, 0.2) is 0 Å². The Morgan fingerprint density at radius 3 is 2.25 bits per heavy atom. The fourth-order valence-electron chi connectivity index (χ4n) is 1.66. The monoisotopic (exact) mass is 398 g/mol. The van der Waals surface area contributed by atoms with Crippen molar-refractivity contribution in [3.05, 3.63) is 48.5 Å². The molecule has 8 nitrogen and oxygen atoms in total. The molecular formula is C15H19AsN2O6. The van der Waals surface area contributed by atoms with E-state index in [0.29, 0.717) is 0 Å². The number of carbonyl (C=O) groups excluding carboxylic acids is 1. The summed E-state index contributed by atoms with van der Waals surface area (Å²) >= 11 is -4.92. The quantitative estimate of drug-likeness (QED) is 0.261. The number of rotatable bonds is 4. The van der Waals surface area contributed by atoms with Crippen LogP contribution >= 0.6 is 0 Å². The van der Waals surface area contributed by atoms with Crippen LogP contribution in [-0.4, -0.2) is 36.5 Å². The summed E-state index contributed by atoms with van der Waals surface area (Å²) in [6, 6.07) is 13.1. The number of nitrogens with two attached hydrogens (primary N) is 1. The first kappa shape index (κ1) is 19.8. The smallest absolute Gasteiger partial charge is 0.119 e. The molecular weight excluding hydrogens is 379 g/mol. The molecule has 0 aliphatic heterocycles. The molecule has 2 rings (SSSR count). The van der Waals surface area contributed by atoms with Crippen molar-refractivity contribution in [3.63, 3.8) is 0 Å². The van der Waals surface area contributed by atoms with Crippen LogP contribution < -0.4 is 20.1 Å². The van der Waals surface area contributed by atoms with E-state index in [-0.39, 0.29) is 15.9 Å². The molecule has 5 N–H and O–H groups in total. The third kappa shape index (κ3) is 6.09. The topological polar surface area (TPSA) is 131 Å². The van der Waals surface area contributed by atoms with Gasteiger partial charge >= 0.3 is 88.4 Å². The van der Waals surface area contributed by atoms with Crippen LogP contribution in [0.3, 0.4) is 0 Å². The van der Waals surface area contributed by atoms with Gasteiger partial charge in [-0.25, -0.2) is 0 Å². The zero-order chi connectivity index (χ0) is 18.2. The van der Waals surface area contributed by atoms with E-state index in [1.54, 1.807) is 25.3 Å². The Kier molecular flexibility index (Phi) is 7.54. The van der Waals surface area contributed by atoms with Gasteiger partial charge in [0.05, 0.1) is 7.11 Å². The van der Waals surface area contributed by atoms with Crippen LogP contribution in [-0.2, 0) is 12.4 Å². The van der Waals surface area contributed by atoms with E-state index in [1.807, 2.05) is 12.1 Å². The van der Waals surface area contributed by atoms with Crippen molar-refractivity contribution in [1.29, 1.82) is 0 Å². The zero-order valence-electron chi connectivity index (χ0n) is 13.2. The Bertz CT molecular complexity index is 720. The molecule has 0 aliphatic carbocycles. The number of para-hydroxylation sites is 1. The number of anilines is 2. The molecule has 0 heterocycles. The van der Waals surface area contributed by atoms with Crippen LogP contribution in [0.15, 0.2) is 48.5 Å². The molecule has 0 bridgehead atoms. The number of benzene rings is 2. The van der Waals surface area contributed by atoms with E-state index < -0.39 is 14.2 Å². The SMILES string of the molecule is CC(=O)Nc1ccccc1[As](=O)(O)OO.COc1ccc(N)cc1. The van der Waals surface area contributed by atoms with E-state index >= 15 is 0 Å². The number of nitrogen functional groups attached to an aromatic ring is 1. The number of ether oxygens (including phenoxy) is 1. The molecule has 24 heavy (non-hydrogen) atoms. The van der Waals surface area contributed by atoms with E-state index in [4.69, 9.17) is 15.7 Å². The molecule has 0 saturated heterocycles. The van der Waals surface area contributed by atoms with E-state index in [9.17, 15) is 12.6 Å². The molecule has 0 radical (unpaired) electrons. The minimum Gasteiger partial charge on any atom is -0.497 e. The number of nitrogens with one attached hydrogen (secondary N) is 1. The maximum atomic E-state index is 11.4. The van der Waals surface area contributed by atoms with Gasteiger partial charge in [0.2, 0.25) is 0 Å². The average Bonchev–Trinajstić information content (AvgIpc) is 2.56. The Balaban J connectivity index is 0.000000272. The molecule has 1 unspecified atom stereocenters. The van der Waals surface area contributed by atoms with Crippen molar-refractivity contribution >= 4 is 35.8 Å². The summed E-state index contributed by atoms with van der Waals surface area (Å²) in [6.45, 7) is 1.27. The number of hydrogen-bond acceptors (Lipinski definition) is 6. The van der Waals surface area contributed by atoms with E-state index in [1.165, 1.54) is 25.1 Å². The van der Waals surface area contributed by atoms with E-state index in [2.05, 4.69) is 9.19 Å². The Morgan fingerprint density at radius 1 is 1.17 bits per heavy atom. The van der Waals surface area contributed by atoms with Gasteiger partial charge in [-0.2, -0.15) is 0 Å². The van der Waals surface area contributed by atoms with Gasteiger partial charge in [-0.15, -0.1) is 0 Å². The first-order valence-electron chi connectivity index (χ1n) is 6.73. The summed E-state index contributed by atoms with van der Waals surface area (Å²) < 4.78 is 29.0. The number of hydrogen-bond donors (Lipinski definition) is 4. The van der Waals surface area contributed by atoms with Gasteiger partial charge < -0.3 is 10.5 Å². The zero-order valence-corrected chi connectivity index (χ0v) is 15.0. The first-order valence-corrected chi connectivity index (χ1v) is 10.0. The summed E-state index contributed by atoms with van der Waals surface area (Å²) in [5.41, 5.74) is 6.34. The van der Waals surface area contributed by atoms with Crippen molar-refractivity contribution in [2.75, 3.05) is 18.2 Å². The Labute approximate surface area is 142 Å². The normalized spacial score (nSPS) is 12.3. The van der Waals surface area contributed by atoms with Crippen molar-refractivity contribution < 1.29 is 26.5 Å². The molecule has 2 aromatic rings. The van der Waals surface area contributed by atoms with Crippen molar-refractivity contribution in [1.82, 2.24) is 0 Å². The fraction of sp³-hybridized carbons (Fsp3) is 0.133. The largest absolute Gasteiger partial charge is 0.497 e. The van der Waals surface area contributed by atoms with Crippen LogP contribution in [0, 0.1) is 0 Å². The van der Waals surface area contributed by atoms with Gasteiger partial charge in [0.25, 0.3) is 0 Å². The van der Waals surface area contributed by atoms with Crippen LogP contribution in [0.5, 0.6) is 5.75 Å². The molecule has 0 aliphatic rings. The molecule has 2 aromatic carbocycles. The van der Waals surface area contributed by atoms with Gasteiger partial charge in [-0.1, -0.05) is 0 Å². The summed E-state index contributed by atoms with van der Waals surface area (Å²) in [5, 5.41) is 10.7. The predicted octanol–water partition coefficient (Wildman–Crippen LogP) is 0.981. The van der Waals surface area contributed by atoms with Crippen LogP contribution in [0.4, 0.5) is 11.4 Å². The summed E-state index contributed by atoms with van der Waals surface area (Å²) in [7, 11) is 1.63. The van der Waals surface area contributed by atoms with Crippen LogP contribution in [0.2, 0.25) is 0 Å². The molecule has 0 spiro atoms. The number of methoxy groups -OCH3 is 1. The molecule has 1 atom stereocenters. The average molecular weight is 398 g/mol. The molecule has 9 heteroatoms. The summed E-state index contributed by atoms with van der Waals surface area (Å²) in [5.74, 6) is 0.458. The minimum atomic E-state index is -4.92. The van der Waals surface area contributed by atoms with Crippen molar-refractivity contribution in [2.24, 2.45) is 0 Å². The summed E-state index contributed by atoms with van der Waals surface area (Å²) in [6.07, 6.45) is 0. The van der Waals surface area contributed by atoms with Gasteiger partial charge in [-0.05, 0) is 24.3 Å². The molecule has 0 aromatic heterocycles. The number of amides is 1.